The highest BCUT2D eigenvalue weighted by Crippen LogP contribution is 2.31. The van der Waals surface area contributed by atoms with Crippen LogP contribution in [0.5, 0.6) is 0 Å². The maximum absolute atomic E-state index is 13.1. The summed E-state index contributed by atoms with van der Waals surface area (Å²) in [6.07, 6.45) is -0.199. The van der Waals surface area contributed by atoms with Crippen molar-refractivity contribution in [2.75, 3.05) is 23.7 Å². The number of carbonyl (C=O) groups is 1. The summed E-state index contributed by atoms with van der Waals surface area (Å²) in [6, 6.07) is 18.2. The Balaban J connectivity index is 1.21. The Morgan fingerprint density at radius 1 is 1.00 bits per heavy atom. The molecule has 208 valence electrons. The molecule has 0 bridgehead atoms. The lowest BCUT2D eigenvalue weighted by Gasteiger charge is -2.32. The molecule has 5 rings (SSSR count). The van der Waals surface area contributed by atoms with E-state index in [1.54, 1.807) is 41.4 Å². The van der Waals surface area contributed by atoms with Crippen LogP contribution in [0, 0.1) is 18.3 Å². The molecule has 1 saturated heterocycles. The zero-order valence-electron chi connectivity index (χ0n) is 22.1. The first kappa shape index (κ1) is 27.6. The van der Waals surface area contributed by atoms with E-state index in [1.807, 2.05) is 25.1 Å². The summed E-state index contributed by atoms with van der Waals surface area (Å²) < 4.78 is 39.2. The molecule has 0 saturated carbocycles. The van der Waals surface area contributed by atoms with E-state index >= 15 is 0 Å². The van der Waals surface area contributed by atoms with Gasteiger partial charge in [0, 0.05) is 37.1 Å². The summed E-state index contributed by atoms with van der Waals surface area (Å²) in [6.45, 7) is 3.01. The van der Waals surface area contributed by atoms with Crippen LogP contribution in [0.25, 0.3) is 11.3 Å². The molecule has 11 heteroatoms. The molecule has 8 nitrogen and oxygen atoms in total. The first-order chi connectivity index (χ1) is 19.7. The van der Waals surface area contributed by atoms with E-state index in [4.69, 9.17) is 0 Å². The number of hydrogen-bond acceptors (Lipinski definition) is 7. The molecule has 1 amide bonds. The number of rotatable bonds is 6. The average molecular weight is 558 g/mol. The third-order valence-electron chi connectivity index (χ3n) is 6.78. The molecular formula is C30H26F3N7O. The first-order valence-electron chi connectivity index (χ1n) is 13.0. The molecule has 0 spiro atoms. The molecule has 1 aliphatic heterocycles. The second-order valence-corrected chi connectivity index (χ2v) is 9.77. The number of amides is 1. The minimum Gasteiger partial charge on any atom is -0.367 e. The van der Waals surface area contributed by atoms with E-state index in [-0.39, 0.29) is 17.8 Å². The number of halogens is 3. The van der Waals surface area contributed by atoms with Gasteiger partial charge in [0.2, 0.25) is 0 Å². The summed E-state index contributed by atoms with van der Waals surface area (Å²) >= 11 is 0. The third-order valence-corrected chi connectivity index (χ3v) is 6.78. The predicted octanol–water partition coefficient (Wildman–Crippen LogP) is 6.20. The SMILES string of the molecule is Cc1cc(Nc2cc(C(F)(F)F)ccn2)nc(-c2ccc(NC3CCN(C(=O)c4ccccc4C#N)CC3)nc2)c1. The van der Waals surface area contributed by atoms with E-state index in [2.05, 4.69) is 31.7 Å². The molecule has 0 aliphatic carbocycles. The number of piperidine rings is 1. The lowest BCUT2D eigenvalue weighted by molar-refractivity contribution is -0.137. The van der Waals surface area contributed by atoms with Gasteiger partial charge in [-0.15, -0.1) is 0 Å². The minimum absolute atomic E-state index is 0.0450. The average Bonchev–Trinajstić information content (AvgIpc) is 2.97. The minimum atomic E-state index is -4.47. The normalized spacial score (nSPS) is 13.9. The van der Waals surface area contributed by atoms with E-state index in [9.17, 15) is 23.2 Å². The summed E-state index contributed by atoms with van der Waals surface area (Å²) in [4.78, 5) is 27.7. The zero-order valence-corrected chi connectivity index (χ0v) is 22.1. The van der Waals surface area contributed by atoms with Gasteiger partial charge in [0.25, 0.3) is 5.91 Å². The number of carbonyl (C=O) groups excluding carboxylic acids is 1. The van der Waals surface area contributed by atoms with Gasteiger partial charge in [-0.25, -0.2) is 15.0 Å². The first-order valence-corrected chi connectivity index (χ1v) is 13.0. The molecule has 41 heavy (non-hydrogen) atoms. The Labute approximate surface area is 234 Å². The van der Waals surface area contributed by atoms with Gasteiger partial charge in [-0.1, -0.05) is 12.1 Å². The van der Waals surface area contributed by atoms with Crippen LogP contribution in [-0.2, 0) is 6.18 Å². The Morgan fingerprint density at radius 2 is 1.78 bits per heavy atom. The molecule has 4 heterocycles. The van der Waals surface area contributed by atoms with Crippen molar-refractivity contribution in [1.29, 1.82) is 5.26 Å². The van der Waals surface area contributed by atoms with Crippen LogP contribution >= 0.6 is 0 Å². The van der Waals surface area contributed by atoms with Crippen LogP contribution in [0.1, 0.15) is 39.9 Å². The van der Waals surface area contributed by atoms with Crippen molar-refractivity contribution < 1.29 is 18.0 Å². The van der Waals surface area contributed by atoms with Crippen molar-refractivity contribution in [2.45, 2.75) is 32.0 Å². The number of nitrogens with zero attached hydrogens (tertiary/aromatic N) is 5. The molecule has 0 unspecified atom stereocenters. The topological polar surface area (TPSA) is 107 Å². The predicted molar refractivity (Wildman–Crippen MR) is 148 cm³/mol. The maximum atomic E-state index is 13.1. The monoisotopic (exact) mass is 557 g/mol. The van der Waals surface area contributed by atoms with Gasteiger partial charge in [0.05, 0.1) is 28.5 Å². The number of aryl methyl sites for hydroxylation is 1. The Hall–Kier alpha value is -4.98. The lowest BCUT2D eigenvalue weighted by Crippen LogP contribution is -2.42. The van der Waals surface area contributed by atoms with E-state index < -0.39 is 11.7 Å². The standard InChI is InChI=1S/C30H26F3N7O/c1-19-14-25(38-28(15-19)39-27-16-22(8-11-35-27)30(31,32)33)21-6-7-26(36-18-21)37-23-9-12-40(13-10-23)29(41)24-5-3-2-4-20(24)17-34/h2-8,11,14-16,18,23H,9-10,12-13H2,1H3,(H,36,37)(H,35,38,39). The maximum Gasteiger partial charge on any atom is 0.416 e. The Bertz CT molecular complexity index is 1590. The third kappa shape index (κ3) is 6.61. The van der Waals surface area contributed by atoms with E-state index in [0.717, 1.165) is 42.3 Å². The summed E-state index contributed by atoms with van der Waals surface area (Å²) in [5, 5.41) is 15.6. The molecule has 0 atom stereocenters. The van der Waals surface area contributed by atoms with E-state index in [1.165, 1.54) is 0 Å². The molecule has 3 aromatic heterocycles. The van der Waals surface area contributed by atoms with Gasteiger partial charge in [-0.05, 0) is 73.9 Å². The van der Waals surface area contributed by atoms with Gasteiger partial charge >= 0.3 is 6.18 Å². The number of alkyl halides is 3. The molecule has 1 fully saturated rings. The van der Waals surface area contributed by atoms with Crippen LogP contribution in [0.4, 0.5) is 30.6 Å². The van der Waals surface area contributed by atoms with Gasteiger partial charge < -0.3 is 15.5 Å². The van der Waals surface area contributed by atoms with E-state index in [0.29, 0.717) is 41.5 Å². The van der Waals surface area contributed by atoms with Gasteiger partial charge in [0.15, 0.2) is 0 Å². The fourth-order valence-corrected chi connectivity index (χ4v) is 4.69. The number of hydrogen-bond donors (Lipinski definition) is 2. The molecule has 2 N–H and O–H groups in total. The van der Waals surface area contributed by atoms with Crippen LogP contribution in [0.2, 0.25) is 0 Å². The van der Waals surface area contributed by atoms with Crippen LogP contribution in [-0.4, -0.2) is 44.9 Å². The molecule has 1 aromatic carbocycles. The van der Waals surface area contributed by atoms with Crippen molar-refractivity contribution in [3.05, 3.63) is 95.3 Å². The smallest absolute Gasteiger partial charge is 0.367 e. The lowest BCUT2D eigenvalue weighted by atomic mass is 10.0. The number of aromatic nitrogens is 3. The largest absolute Gasteiger partial charge is 0.416 e. The Morgan fingerprint density at radius 3 is 2.49 bits per heavy atom. The quantitative estimate of drug-likeness (QED) is 0.291. The van der Waals surface area contributed by atoms with Gasteiger partial charge in [0.1, 0.15) is 17.5 Å². The summed E-state index contributed by atoms with van der Waals surface area (Å²) in [5.74, 6) is 0.968. The second kappa shape index (κ2) is 11.6. The fourth-order valence-electron chi connectivity index (χ4n) is 4.69. The van der Waals surface area contributed by atoms with Crippen molar-refractivity contribution in [3.8, 4) is 17.3 Å². The van der Waals surface area contributed by atoms with Crippen LogP contribution < -0.4 is 10.6 Å². The van der Waals surface area contributed by atoms with Crippen LogP contribution in [0.3, 0.4) is 0 Å². The van der Waals surface area contributed by atoms with Crippen molar-refractivity contribution in [3.63, 3.8) is 0 Å². The number of benzene rings is 1. The molecule has 1 aliphatic rings. The number of anilines is 3. The van der Waals surface area contributed by atoms with Crippen LogP contribution in [0.15, 0.2) is 73.1 Å². The van der Waals surface area contributed by atoms with Crippen molar-refractivity contribution in [2.24, 2.45) is 0 Å². The number of nitriles is 1. The highest BCUT2D eigenvalue weighted by Gasteiger charge is 2.31. The summed E-state index contributed by atoms with van der Waals surface area (Å²) in [5.41, 5.74) is 2.23. The zero-order chi connectivity index (χ0) is 29.0. The molecular weight excluding hydrogens is 531 g/mol. The highest BCUT2D eigenvalue weighted by atomic mass is 19.4. The fraction of sp³-hybridized carbons (Fsp3) is 0.233. The number of nitrogens with one attached hydrogen (secondary N) is 2. The number of pyridine rings is 3. The van der Waals surface area contributed by atoms with Gasteiger partial charge in [-0.2, -0.15) is 18.4 Å². The molecule has 0 radical (unpaired) electrons. The van der Waals surface area contributed by atoms with Crippen molar-refractivity contribution >= 4 is 23.4 Å². The second-order valence-electron chi connectivity index (χ2n) is 9.77. The summed E-state index contributed by atoms with van der Waals surface area (Å²) in [7, 11) is 0. The highest BCUT2D eigenvalue weighted by molar-refractivity contribution is 5.96. The van der Waals surface area contributed by atoms with Crippen molar-refractivity contribution in [1.82, 2.24) is 19.9 Å². The Kier molecular flexibility index (Phi) is 7.83. The number of likely N-dealkylation sites (tertiary alicyclic amines) is 1. The van der Waals surface area contributed by atoms with Gasteiger partial charge in [-0.3, -0.25) is 4.79 Å². The molecule has 4 aromatic rings.